The molecule has 0 aliphatic carbocycles. The van der Waals surface area contributed by atoms with E-state index in [0.29, 0.717) is 12.2 Å². The van der Waals surface area contributed by atoms with Gasteiger partial charge in [-0.1, -0.05) is 6.07 Å². The molecule has 1 aromatic rings. The number of rotatable bonds is 5. The lowest BCUT2D eigenvalue weighted by molar-refractivity contribution is -0.0330. The molecule has 0 saturated heterocycles. The van der Waals surface area contributed by atoms with Crippen molar-refractivity contribution in [2.45, 2.75) is 45.8 Å². The van der Waals surface area contributed by atoms with Crippen LogP contribution in [0, 0.1) is 13.8 Å². The van der Waals surface area contributed by atoms with E-state index in [1.165, 1.54) is 0 Å². The van der Waals surface area contributed by atoms with Crippen molar-refractivity contribution in [2.24, 2.45) is 0 Å². The Bertz CT molecular complexity index is 387. The lowest BCUT2D eigenvalue weighted by atomic mass is 9.91. The summed E-state index contributed by atoms with van der Waals surface area (Å²) in [6, 6.07) is 3.83. The summed E-state index contributed by atoms with van der Waals surface area (Å²) in [6.07, 6.45) is 0.526. The van der Waals surface area contributed by atoms with Crippen molar-refractivity contribution in [1.29, 1.82) is 0 Å². The van der Waals surface area contributed by atoms with Crippen LogP contribution in [0.3, 0.4) is 0 Å². The Labute approximate surface area is 110 Å². The Morgan fingerprint density at radius 1 is 1.22 bits per heavy atom. The fourth-order valence-corrected chi connectivity index (χ4v) is 2.21. The van der Waals surface area contributed by atoms with Gasteiger partial charge in [0, 0.05) is 26.2 Å². The highest BCUT2D eigenvalue weighted by Gasteiger charge is 2.26. The zero-order chi connectivity index (χ0) is 13.9. The lowest BCUT2D eigenvalue weighted by Gasteiger charge is -2.29. The van der Waals surface area contributed by atoms with Gasteiger partial charge in [-0.3, -0.25) is 0 Å². The van der Waals surface area contributed by atoms with Crippen LogP contribution in [0.1, 0.15) is 43.1 Å². The van der Waals surface area contributed by atoms with Gasteiger partial charge in [0.1, 0.15) is 5.75 Å². The van der Waals surface area contributed by atoms with E-state index in [0.717, 1.165) is 16.7 Å². The molecule has 1 atom stereocenters. The largest absolute Gasteiger partial charge is 0.508 e. The van der Waals surface area contributed by atoms with Gasteiger partial charge in [0.05, 0.1) is 11.7 Å². The van der Waals surface area contributed by atoms with Crippen LogP contribution in [0.15, 0.2) is 12.1 Å². The van der Waals surface area contributed by atoms with Gasteiger partial charge in [0.25, 0.3) is 0 Å². The van der Waals surface area contributed by atoms with E-state index in [-0.39, 0.29) is 11.7 Å². The summed E-state index contributed by atoms with van der Waals surface area (Å²) in [6.45, 7) is 7.99. The van der Waals surface area contributed by atoms with Gasteiger partial charge in [-0.15, -0.1) is 0 Å². The summed E-state index contributed by atoms with van der Waals surface area (Å²) in [5, 5.41) is 10.1. The molecule has 0 aliphatic heterocycles. The van der Waals surface area contributed by atoms with Gasteiger partial charge in [0.2, 0.25) is 0 Å². The van der Waals surface area contributed by atoms with Crippen molar-refractivity contribution in [2.75, 3.05) is 14.2 Å². The summed E-state index contributed by atoms with van der Waals surface area (Å²) in [5.41, 5.74) is 2.67. The number of hydrogen-bond donors (Lipinski definition) is 1. The Morgan fingerprint density at radius 3 is 2.28 bits per heavy atom. The number of hydrogen-bond acceptors (Lipinski definition) is 3. The molecule has 18 heavy (non-hydrogen) atoms. The van der Waals surface area contributed by atoms with Crippen LogP contribution >= 0.6 is 0 Å². The predicted octanol–water partition coefficient (Wildman–Crippen LogP) is 3.51. The van der Waals surface area contributed by atoms with Crippen LogP contribution in [0.2, 0.25) is 0 Å². The van der Waals surface area contributed by atoms with Crippen molar-refractivity contribution in [3.63, 3.8) is 0 Å². The first-order valence-corrected chi connectivity index (χ1v) is 6.19. The Morgan fingerprint density at radius 2 is 1.83 bits per heavy atom. The van der Waals surface area contributed by atoms with Gasteiger partial charge in [-0.05, 0) is 44.9 Å². The normalized spacial score (nSPS) is 13.7. The zero-order valence-electron chi connectivity index (χ0n) is 12.2. The predicted molar refractivity (Wildman–Crippen MR) is 73.0 cm³/mol. The zero-order valence-corrected chi connectivity index (χ0v) is 12.2. The number of ether oxygens (including phenoxy) is 2. The molecule has 1 rings (SSSR count). The van der Waals surface area contributed by atoms with Gasteiger partial charge >= 0.3 is 0 Å². The molecule has 102 valence electrons. The molecule has 0 saturated carbocycles. The molecule has 0 aliphatic rings. The SMILES string of the molecule is COC(CC(C)(C)OC)c1c(C)cc(C)cc1O. The maximum Gasteiger partial charge on any atom is 0.121 e. The number of methoxy groups -OCH3 is 2. The Balaban J connectivity index is 3.10. The molecule has 0 heterocycles. The highest BCUT2D eigenvalue weighted by molar-refractivity contribution is 5.43. The first-order chi connectivity index (χ1) is 8.30. The minimum atomic E-state index is -0.287. The standard InChI is InChI=1S/C15H24O3/c1-10-7-11(2)14(12(16)8-10)13(17-5)9-15(3,4)18-6/h7-8,13,16H,9H2,1-6H3. The minimum absolute atomic E-state index is 0.166. The second-order valence-corrected chi connectivity index (χ2v) is 5.41. The maximum atomic E-state index is 10.1. The first kappa shape index (κ1) is 15.0. The quantitative estimate of drug-likeness (QED) is 0.871. The molecule has 0 spiro atoms. The van der Waals surface area contributed by atoms with E-state index in [4.69, 9.17) is 9.47 Å². The molecular weight excluding hydrogens is 228 g/mol. The number of benzene rings is 1. The van der Waals surface area contributed by atoms with Gasteiger partial charge < -0.3 is 14.6 Å². The highest BCUT2D eigenvalue weighted by Crippen LogP contribution is 2.36. The molecule has 0 fully saturated rings. The third-order valence-corrected chi connectivity index (χ3v) is 3.35. The van der Waals surface area contributed by atoms with Crippen molar-refractivity contribution in [1.82, 2.24) is 0 Å². The molecule has 1 unspecified atom stereocenters. The Kier molecular flexibility index (Phi) is 4.77. The molecule has 1 aromatic carbocycles. The average molecular weight is 252 g/mol. The van der Waals surface area contributed by atoms with Crippen LogP contribution in [-0.4, -0.2) is 24.9 Å². The van der Waals surface area contributed by atoms with Crippen LogP contribution in [0.5, 0.6) is 5.75 Å². The molecule has 0 bridgehead atoms. The molecule has 3 heteroatoms. The first-order valence-electron chi connectivity index (χ1n) is 6.19. The number of aryl methyl sites for hydroxylation is 2. The fraction of sp³-hybridized carbons (Fsp3) is 0.600. The van der Waals surface area contributed by atoms with E-state index in [9.17, 15) is 5.11 Å². The van der Waals surface area contributed by atoms with Crippen LogP contribution in [0.25, 0.3) is 0 Å². The molecule has 0 radical (unpaired) electrons. The molecule has 0 amide bonds. The monoisotopic (exact) mass is 252 g/mol. The summed E-state index contributed by atoms with van der Waals surface area (Å²) in [5.74, 6) is 0.297. The highest BCUT2D eigenvalue weighted by atomic mass is 16.5. The third-order valence-electron chi connectivity index (χ3n) is 3.35. The third kappa shape index (κ3) is 3.47. The van der Waals surface area contributed by atoms with Crippen molar-refractivity contribution >= 4 is 0 Å². The average Bonchev–Trinajstić information content (AvgIpc) is 2.26. The van der Waals surface area contributed by atoms with Crippen molar-refractivity contribution in [3.8, 4) is 5.75 Å². The van der Waals surface area contributed by atoms with Gasteiger partial charge in [-0.2, -0.15) is 0 Å². The van der Waals surface area contributed by atoms with Crippen LogP contribution < -0.4 is 0 Å². The van der Waals surface area contributed by atoms with E-state index < -0.39 is 0 Å². The summed E-state index contributed by atoms with van der Waals surface area (Å²) >= 11 is 0. The smallest absolute Gasteiger partial charge is 0.121 e. The summed E-state index contributed by atoms with van der Waals surface area (Å²) in [4.78, 5) is 0. The van der Waals surface area contributed by atoms with E-state index in [1.807, 2.05) is 27.7 Å². The van der Waals surface area contributed by atoms with Crippen molar-refractivity contribution in [3.05, 3.63) is 28.8 Å². The van der Waals surface area contributed by atoms with E-state index in [1.54, 1.807) is 20.3 Å². The van der Waals surface area contributed by atoms with Gasteiger partial charge in [0.15, 0.2) is 0 Å². The van der Waals surface area contributed by atoms with E-state index >= 15 is 0 Å². The number of phenolic OH excluding ortho intramolecular Hbond substituents is 1. The second-order valence-electron chi connectivity index (χ2n) is 5.41. The number of aromatic hydroxyl groups is 1. The topological polar surface area (TPSA) is 38.7 Å². The lowest BCUT2D eigenvalue weighted by Crippen LogP contribution is -2.26. The fourth-order valence-electron chi connectivity index (χ4n) is 2.21. The summed E-state index contributed by atoms with van der Waals surface area (Å²) < 4.78 is 11.0. The van der Waals surface area contributed by atoms with E-state index in [2.05, 4.69) is 6.07 Å². The Hall–Kier alpha value is -1.06. The van der Waals surface area contributed by atoms with Crippen molar-refractivity contribution < 1.29 is 14.6 Å². The molecule has 0 aromatic heterocycles. The van der Waals surface area contributed by atoms with Crippen LogP contribution in [-0.2, 0) is 9.47 Å². The molecule has 1 N–H and O–H groups in total. The second kappa shape index (κ2) is 5.72. The van der Waals surface area contributed by atoms with Crippen LogP contribution in [0.4, 0.5) is 0 Å². The summed E-state index contributed by atoms with van der Waals surface area (Å²) in [7, 11) is 3.35. The molecular formula is C15H24O3. The maximum absolute atomic E-state index is 10.1. The molecule has 3 nitrogen and oxygen atoms in total. The van der Waals surface area contributed by atoms with Gasteiger partial charge in [-0.25, -0.2) is 0 Å². The minimum Gasteiger partial charge on any atom is -0.508 e. The number of phenols is 1.